The fourth-order valence-corrected chi connectivity index (χ4v) is 5.69. The number of fused-ring (bicyclic) bond motifs is 1. The van der Waals surface area contributed by atoms with Gasteiger partial charge >= 0.3 is 0 Å². The molecule has 1 amide bonds. The molecule has 3 fully saturated rings. The third-order valence-electron chi connectivity index (χ3n) is 6.01. The van der Waals surface area contributed by atoms with E-state index in [4.69, 9.17) is 9.47 Å². The summed E-state index contributed by atoms with van der Waals surface area (Å²) < 4.78 is 38.3. The highest BCUT2D eigenvalue weighted by Gasteiger charge is 2.32. The van der Waals surface area contributed by atoms with Crippen molar-refractivity contribution >= 4 is 15.9 Å². The maximum Gasteiger partial charge on any atom is 0.251 e. The van der Waals surface area contributed by atoms with Crippen LogP contribution in [0.2, 0.25) is 0 Å². The Balaban J connectivity index is 1.42. The third kappa shape index (κ3) is 4.49. The van der Waals surface area contributed by atoms with Crippen LogP contribution in [0, 0.1) is 6.92 Å². The van der Waals surface area contributed by atoms with E-state index in [2.05, 4.69) is 10.2 Å². The summed E-state index contributed by atoms with van der Waals surface area (Å²) in [5.74, 6) is -0.270. The first-order valence-electron chi connectivity index (χ1n) is 10.3. The number of carbonyl (C=O) groups excluding carboxylic acids is 1. The second-order valence-electron chi connectivity index (χ2n) is 7.95. The molecular formula is C20H29N3O5S. The van der Waals surface area contributed by atoms with Crippen molar-refractivity contribution in [1.82, 2.24) is 14.5 Å². The van der Waals surface area contributed by atoms with Crippen LogP contribution in [-0.4, -0.2) is 88.2 Å². The lowest BCUT2D eigenvalue weighted by Gasteiger charge is -2.35. The van der Waals surface area contributed by atoms with Gasteiger partial charge in [-0.2, -0.15) is 4.31 Å². The molecule has 0 spiro atoms. The van der Waals surface area contributed by atoms with E-state index in [0.29, 0.717) is 51.1 Å². The number of sulfonamides is 1. The molecule has 160 valence electrons. The van der Waals surface area contributed by atoms with Gasteiger partial charge in [-0.05, 0) is 44.0 Å². The molecule has 0 unspecified atom stereocenters. The van der Waals surface area contributed by atoms with Gasteiger partial charge < -0.3 is 14.8 Å². The Morgan fingerprint density at radius 3 is 2.83 bits per heavy atom. The normalized spacial score (nSPS) is 26.2. The minimum Gasteiger partial charge on any atom is -0.379 e. The topological polar surface area (TPSA) is 88.2 Å². The maximum atomic E-state index is 12.9. The Bertz CT molecular complexity index is 854. The van der Waals surface area contributed by atoms with E-state index in [0.717, 1.165) is 18.7 Å². The van der Waals surface area contributed by atoms with Crippen LogP contribution in [0.5, 0.6) is 0 Å². The largest absolute Gasteiger partial charge is 0.379 e. The lowest BCUT2D eigenvalue weighted by Crippen LogP contribution is -2.50. The lowest BCUT2D eigenvalue weighted by molar-refractivity contribution is -0.0461. The van der Waals surface area contributed by atoms with E-state index in [1.54, 1.807) is 12.1 Å². The van der Waals surface area contributed by atoms with Crippen LogP contribution in [0.15, 0.2) is 23.1 Å². The SMILES string of the molecule is Cc1ccc(S(=O)(=O)N2CCOCC2)cc1C(=O)NC[C@@H]1CN2CCC[C@H]2CO1. The van der Waals surface area contributed by atoms with E-state index in [9.17, 15) is 13.2 Å². The summed E-state index contributed by atoms with van der Waals surface area (Å²) in [4.78, 5) is 15.4. The summed E-state index contributed by atoms with van der Waals surface area (Å²) in [6, 6.07) is 5.25. The number of nitrogens with zero attached hydrogens (tertiary/aromatic N) is 2. The number of carbonyl (C=O) groups is 1. The van der Waals surface area contributed by atoms with Crippen molar-refractivity contribution in [3.8, 4) is 0 Å². The Hall–Kier alpha value is -1.52. The summed E-state index contributed by atoms with van der Waals surface area (Å²) in [6.07, 6.45) is 2.35. The molecule has 3 aliphatic heterocycles. The molecule has 3 heterocycles. The first kappa shape index (κ1) is 20.7. The molecule has 4 rings (SSSR count). The van der Waals surface area contributed by atoms with Crippen molar-refractivity contribution in [3.63, 3.8) is 0 Å². The molecular weight excluding hydrogens is 394 g/mol. The number of morpholine rings is 2. The summed E-state index contributed by atoms with van der Waals surface area (Å²) in [5.41, 5.74) is 1.13. The van der Waals surface area contributed by atoms with Crippen molar-refractivity contribution in [2.45, 2.75) is 36.8 Å². The Morgan fingerprint density at radius 2 is 2.03 bits per heavy atom. The third-order valence-corrected chi connectivity index (χ3v) is 7.91. The zero-order chi connectivity index (χ0) is 20.4. The van der Waals surface area contributed by atoms with Crippen molar-refractivity contribution in [2.24, 2.45) is 0 Å². The Morgan fingerprint density at radius 1 is 1.24 bits per heavy atom. The summed E-state index contributed by atoms with van der Waals surface area (Å²) in [7, 11) is -3.64. The summed E-state index contributed by atoms with van der Waals surface area (Å²) in [5, 5.41) is 2.93. The minimum atomic E-state index is -3.64. The molecule has 0 aromatic heterocycles. The molecule has 0 bridgehead atoms. The molecule has 1 N–H and O–H groups in total. The molecule has 3 saturated heterocycles. The predicted molar refractivity (Wildman–Crippen MR) is 107 cm³/mol. The number of hydrogen-bond donors (Lipinski definition) is 1. The number of nitrogens with one attached hydrogen (secondary N) is 1. The predicted octanol–water partition coefficient (Wildman–Crippen LogP) is 0.609. The van der Waals surface area contributed by atoms with Crippen LogP contribution < -0.4 is 5.32 Å². The van der Waals surface area contributed by atoms with E-state index < -0.39 is 10.0 Å². The van der Waals surface area contributed by atoms with E-state index in [1.165, 1.54) is 23.2 Å². The molecule has 3 aliphatic rings. The average Bonchev–Trinajstić information content (AvgIpc) is 3.20. The van der Waals surface area contributed by atoms with Gasteiger partial charge in [-0.15, -0.1) is 0 Å². The average molecular weight is 424 g/mol. The van der Waals surface area contributed by atoms with E-state index in [-0.39, 0.29) is 16.9 Å². The van der Waals surface area contributed by atoms with Crippen molar-refractivity contribution < 1.29 is 22.7 Å². The van der Waals surface area contributed by atoms with Gasteiger partial charge in [0.05, 0.1) is 30.8 Å². The van der Waals surface area contributed by atoms with Crippen LogP contribution in [0.3, 0.4) is 0 Å². The quantitative estimate of drug-likeness (QED) is 0.747. The summed E-state index contributed by atoms with van der Waals surface area (Å²) >= 11 is 0. The molecule has 0 aliphatic carbocycles. The highest BCUT2D eigenvalue weighted by molar-refractivity contribution is 7.89. The number of aryl methyl sites for hydroxylation is 1. The van der Waals surface area contributed by atoms with Crippen molar-refractivity contribution in [1.29, 1.82) is 0 Å². The Kier molecular flexibility index (Phi) is 6.21. The maximum absolute atomic E-state index is 12.9. The number of hydrogen-bond acceptors (Lipinski definition) is 6. The monoisotopic (exact) mass is 423 g/mol. The second kappa shape index (κ2) is 8.69. The second-order valence-corrected chi connectivity index (χ2v) is 9.89. The first-order chi connectivity index (χ1) is 13.9. The van der Waals surface area contributed by atoms with Crippen LogP contribution >= 0.6 is 0 Å². The molecule has 2 atom stereocenters. The van der Waals surface area contributed by atoms with Gasteiger partial charge in [0.15, 0.2) is 0 Å². The molecule has 29 heavy (non-hydrogen) atoms. The standard InChI is InChI=1S/C20H29N3O5S/c1-15-4-5-18(29(25,26)23-7-9-27-10-8-23)11-19(15)20(24)21-12-17-13-22-6-2-3-16(22)14-28-17/h4-5,11,16-17H,2-3,6-10,12-14H2,1H3,(H,21,24)/t16-,17+/m0/s1. The Labute approximate surface area is 172 Å². The van der Waals surface area contributed by atoms with Gasteiger partial charge in [-0.25, -0.2) is 8.42 Å². The van der Waals surface area contributed by atoms with E-state index in [1.807, 2.05) is 6.92 Å². The smallest absolute Gasteiger partial charge is 0.251 e. The minimum absolute atomic E-state index is 0.0335. The zero-order valence-corrected chi connectivity index (χ0v) is 17.6. The molecule has 1 aromatic carbocycles. The van der Waals surface area contributed by atoms with Gasteiger partial charge in [0.1, 0.15) is 0 Å². The van der Waals surface area contributed by atoms with Gasteiger partial charge in [0, 0.05) is 37.8 Å². The molecule has 0 radical (unpaired) electrons. The van der Waals surface area contributed by atoms with Crippen LogP contribution in [0.4, 0.5) is 0 Å². The number of amides is 1. The fourth-order valence-electron chi connectivity index (χ4n) is 4.25. The van der Waals surface area contributed by atoms with Gasteiger partial charge in [0.2, 0.25) is 10.0 Å². The van der Waals surface area contributed by atoms with E-state index >= 15 is 0 Å². The fraction of sp³-hybridized carbons (Fsp3) is 0.650. The van der Waals surface area contributed by atoms with Crippen molar-refractivity contribution in [2.75, 3.05) is 52.5 Å². The first-order valence-corrected chi connectivity index (χ1v) is 11.7. The van der Waals surface area contributed by atoms with Gasteiger partial charge in [-0.3, -0.25) is 9.69 Å². The number of benzene rings is 1. The van der Waals surface area contributed by atoms with Crippen molar-refractivity contribution in [3.05, 3.63) is 29.3 Å². The zero-order valence-electron chi connectivity index (χ0n) is 16.8. The van der Waals surface area contributed by atoms with Crippen LogP contribution in [-0.2, 0) is 19.5 Å². The van der Waals surface area contributed by atoms with Crippen LogP contribution in [0.25, 0.3) is 0 Å². The lowest BCUT2D eigenvalue weighted by atomic mass is 10.1. The molecule has 0 saturated carbocycles. The number of rotatable bonds is 5. The van der Waals surface area contributed by atoms with Gasteiger partial charge in [-0.1, -0.05) is 6.07 Å². The summed E-state index contributed by atoms with van der Waals surface area (Å²) in [6.45, 7) is 6.30. The molecule has 9 heteroatoms. The molecule has 1 aromatic rings. The molecule has 8 nitrogen and oxygen atoms in total. The van der Waals surface area contributed by atoms with Gasteiger partial charge in [0.25, 0.3) is 5.91 Å². The highest BCUT2D eigenvalue weighted by Crippen LogP contribution is 2.23. The number of ether oxygens (including phenoxy) is 2. The van der Waals surface area contributed by atoms with Crippen LogP contribution in [0.1, 0.15) is 28.8 Å². The highest BCUT2D eigenvalue weighted by atomic mass is 32.2.